The largest absolute Gasteiger partial charge is 0.510 e. The van der Waals surface area contributed by atoms with Gasteiger partial charge in [-0.2, -0.15) is 0 Å². The molecule has 0 heterocycles. The molecule has 1 aromatic rings. The van der Waals surface area contributed by atoms with Crippen molar-refractivity contribution in [2.45, 2.75) is 31.4 Å². The summed E-state index contributed by atoms with van der Waals surface area (Å²) < 4.78 is 0. The highest BCUT2D eigenvalue weighted by atomic mass is 16.3. The van der Waals surface area contributed by atoms with Crippen LogP contribution in [0.3, 0.4) is 0 Å². The lowest BCUT2D eigenvalue weighted by Gasteiger charge is -2.50. The van der Waals surface area contributed by atoms with Crippen LogP contribution in [0.4, 0.5) is 5.69 Å². The Morgan fingerprint density at radius 3 is 2.29 bits per heavy atom. The number of phenolic OH excluding ortho intramolecular Hbond substituents is 1. The highest BCUT2D eigenvalue weighted by Gasteiger charge is 2.63. The summed E-state index contributed by atoms with van der Waals surface area (Å²) in [5.41, 5.74) is 3.54. The van der Waals surface area contributed by atoms with E-state index in [1.165, 1.54) is 4.90 Å². The zero-order valence-electron chi connectivity index (χ0n) is 19.7. The Labute approximate surface area is 196 Å². The number of benzene rings is 1. The second-order valence-corrected chi connectivity index (χ2v) is 9.77. The molecule has 4 atom stereocenters. The summed E-state index contributed by atoms with van der Waals surface area (Å²) in [4.78, 5) is 42.3. The van der Waals surface area contributed by atoms with Crippen LogP contribution in [0.15, 0.2) is 28.7 Å². The van der Waals surface area contributed by atoms with Gasteiger partial charge in [0, 0.05) is 31.3 Å². The van der Waals surface area contributed by atoms with E-state index in [0.29, 0.717) is 11.1 Å². The maximum Gasteiger partial charge on any atom is 0.255 e. The molecule has 3 aliphatic carbocycles. The average molecular weight is 472 g/mol. The summed E-state index contributed by atoms with van der Waals surface area (Å²) in [5.74, 6) is -6.48. The van der Waals surface area contributed by atoms with E-state index >= 15 is 0 Å². The third kappa shape index (κ3) is 2.91. The van der Waals surface area contributed by atoms with Crippen molar-refractivity contribution in [3.63, 3.8) is 0 Å². The van der Waals surface area contributed by atoms with Crippen molar-refractivity contribution in [1.82, 2.24) is 4.90 Å². The molecule has 0 saturated carbocycles. The van der Waals surface area contributed by atoms with E-state index in [1.54, 1.807) is 27.1 Å². The first-order valence-corrected chi connectivity index (χ1v) is 10.9. The highest BCUT2D eigenvalue weighted by molar-refractivity contribution is 6.24. The van der Waals surface area contributed by atoms with E-state index < -0.39 is 58.0 Å². The molecule has 182 valence electrons. The van der Waals surface area contributed by atoms with E-state index in [0.717, 1.165) is 5.69 Å². The highest BCUT2D eigenvalue weighted by Crippen LogP contribution is 2.53. The molecule has 4 rings (SSSR count). The minimum atomic E-state index is -2.63. The van der Waals surface area contributed by atoms with Gasteiger partial charge in [0.2, 0.25) is 5.78 Å². The number of fused-ring (bicyclic) bond motifs is 3. The molecule has 1 aromatic carbocycles. The molecule has 1 amide bonds. The molecule has 0 aromatic heterocycles. The lowest BCUT2D eigenvalue weighted by molar-refractivity contribution is -0.148. The molecule has 0 bridgehead atoms. The average Bonchev–Trinajstić information content (AvgIpc) is 2.72. The fourth-order valence-electron chi connectivity index (χ4n) is 5.83. The number of allylic oxidation sites excluding steroid dienone is 1. The van der Waals surface area contributed by atoms with Crippen LogP contribution in [-0.4, -0.2) is 82.6 Å². The van der Waals surface area contributed by atoms with Crippen LogP contribution in [0.2, 0.25) is 0 Å². The predicted octanol–water partition coefficient (Wildman–Crippen LogP) is 0.495. The van der Waals surface area contributed by atoms with Crippen LogP contribution in [0.1, 0.15) is 27.9 Å². The molecular weight excluding hydrogens is 442 g/mol. The van der Waals surface area contributed by atoms with Crippen LogP contribution >= 0.6 is 0 Å². The minimum absolute atomic E-state index is 0.0180. The molecule has 0 fully saturated rings. The van der Waals surface area contributed by atoms with Crippen molar-refractivity contribution >= 4 is 23.2 Å². The van der Waals surface area contributed by atoms with Crippen molar-refractivity contribution in [1.29, 1.82) is 0 Å². The Morgan fingerprint density at radius 1 is 1.15 bits per heavy atom. The molecule has 34 heavy (non-hydrogen) atoms. The van der Waals surface area contributed by atoms with Gasteiger partial charge in [-0.25, -0.2) is 0 Å². The third-order valence-corrected chi connectivity index (χ3v) is 7.37. The van der Waals surface area contributed by atoms with Crippen LogP contribution in [-0.2, 0) is 16.0 Å². The molecule has 6 N–H and O–H groups in total. The Kier molecular flexibility index (Phi) is 5.30. The minimum Gasteiger partial charge on any atom is -0.510 e. The number of rotatable bonds is 3. The fourth-order valence-corrected chi connectivity index (χ4v) is 5.83. The number of carbonyl (C=O) groups excluding carboxylic acids is 3. The number of likely N-dealkylation sites (N-methyl/N-ethyl adjacent to an activating group) is 1. The molecule has 3 aliphatic rings. The maximum absolute atomic E-state index is 13.6. The van der Waals surface area contributed by atoms with Crippen molar-refractivity contribution < 1.29 is 34.8 Å². The first-order chi connectivity index (χ1) is 15.7. The number of aliphatic hydroxyl groups excluding tert-OH is 2. The van der Waals surface area contributed by atoms with Crippen LogP contribution in [0.5, 0.6) is 5.75 Å². The molecule has 4 unspecified atom stereocenters. The van der Waals surface area contributed by atoms with Gasteiger partial charge in [-0.15, -0.1) is 0 Å². The molecular formula is C24H29N3O7. The Hall–Kier alpha value is -3.37. The zero-order valence-corrected chi connectivity index (χ0v) is 19.7. The lowest BCUT2D eigenvalue weighted by atomic mass is 9.58. The predicted molar refractivity (Wildman–Crippen MR) is 123 cm³/mol. The topological polar surface area (TPSA) is 165 Å². The van der Waals surface area contributed by atoms with Gasteiger partial charge in [-0.05, 0) is 57.0 Å². The number of Topliss-reactive ketones (excluding diaryl/α,β-unsaturated/α-hetero) is 2. The first kappa shape index (κ1) is 23.8. The van der Waals surface area contributed by atoms with Crippen molar-refractivity contribution in [3.05, 3.63) is 45.4 Å². The van der Waals surface area contributed by atoms with E-state index in [9.17, 15) is 34.8 Å². The van der Waals surface area contributed by atoms with Crippen molar-refractivity contribution in [2.75, 3.05) is 33.1 Å². The number of phenols is 1. The Balaban J connectivity index is 2.00. The first-order valence-electron chi connectivity index (χ1n) is 10.9. The molecule has 0 saturated heterocycles. The van der Waals surface area contributed by atoms with E-state index in [4.69, 9.17) is 5.73 Å². The fraction of sp³-hybridized carbons (Fsp3) is 0.458. The van der Waals surface area contributed by atoms with Gasteiger partial charge in [0.15, 0.2) is 11.4 Å². The van der Waals surface area contributed by atoms with Crippen molar-refractivity contribution in [2.24, 2.45) is 17.6 Å². The Bertz CT molecular complexity index is 1210. The second-order valence-electron chi connectivity index (χ2n) is 9.77. The van der Waals surface area contributed by atoms with Crippen LogP contribution in [0.25, 0.3) is 0 Å². The van der Waals surface area contributed by atoms with Gasteiger partial charge in [0.05, 0.1) is 11.6 Å². The summed E-state index contributed by atoms with van der Waals surface area (Å²) in [7, 11) is 6.82. The number of ketones is 2. The number of nitrogens with zero attached hydrogens (tertiary/aromatic N) is 2. The molecule has 10 heteroatoms. The summed E-state index contributed by atoms with van der Waals surface area (Å²) in [6, 6.07) is 0.764. The quantitative estimate of drug-likeness (QED) is 0.395. The summed E-state index contributed by atoms with van der Waals surface area (Å²) in [6.45, 7) is 1.65. The SMILES string of the molecule is Cc1cc(N(C)C)c2c(c1O)C(=O)C1=C(O)C3(O)C(=O)C(C(N)=O)=C(O)C(N(C)C)C3CC1C2. The van der Waals surface area contributed by atoms with E-state index in [1.807, 2.05) is 19.0 Å². The standard InChI is InChI=1S/C24H29N3O7/c1-9-6-13(26(2)3)11-7-10-8-12-17(27(4)5)20(30)16(23(25)33)22(32)24(12,34)21(31)14(10)19(29)15(11)18(9)28/h6,10,12,17,28,30-31,34H,7-8H2,1-5H3,(H2,25,33). The summed E-state index contributed by atoms with van der Waals surface area (Å²) >= 11 is 0. The number of aliphatic hydroxyl groups is 3. The smallest absolute Gasteiger partial charge is 0.255 e. The van der Waals surface area contributed by atoms with Crippen LogP contribution < -0.4 is 10.6 Å². The van der Waals surface area contributed by atoms with Gasteiger partial charge in [-0.1, -0.05) is 0 Å². The molecule has 0 spiro atoms. The number of primary amides is 1. The number of anilines is 1. The van der Waals surface area contributed by atoms with Crippen molar-refractivity contribution in [3.8, 4) is 5.75 Å². The van der Waals surface area contributed by atoms with E-state index in [-0.39, 0.29) is 29.7 Å². The lowest BCUT2D eigenvalue weighted by Crippen LogP contribution is -2.63. The number of amides is 1. The number of aryl methyl sites for hydroxylation is 1. The molecule has 0 aliphatic heterocycles. The number of hydrogen-bond donors (Lipinski definition) is 5. The summed E-state index contributed by atoms with van der Waals surface area (Å²) in [5, 5.41) is 44.4. The van der Waals surface area contributed by atoms with E-state index in [2.05, 4.69) is 0 Å². The normalized spacial score (nSPS) is 28.6. The zero-order chi connectivity index (χ0) is 25.4. The van der Waals surface area contributed by atoms with Gasteiger partial charge >= 0.3 is 0 Å². The number of nitrogens with two attached hydrogens (primary N) is 1. The molecule has 10 nitrogen and oxygen atoms in total. The number of carbonyl (C=O) groups is 3. The third-order valence-electron chi connectivity index (χ3n) is 7.37. The number of aromatic hydroxyl groups is 1. The van der Waals surface area contributed by atoms with Gasteiger partial charge in [0.25, 0.3) is 5.91 Å². The molecule has 0 radical (unpaired) electrons. The maximum atomic E-state index is 13.6. The van der Waals surface area contributed by atoms with Gasteiger partial charge in [0.1, 0.15) is 22.8 Å². The van der Waals surface area contributed by atoms with Gasteiger partial charge < -0.3 is 31.1 Å². The monoisotopic (exact) mass is 471 g/mol. The van der Waals surface area contributed by atoms with Crippen LogP contribution in [0, 0.1) is 18.8 Å². The summed E-state index contributed by atoms with van der Waals surface area (Å²) in [6.07, 6.45) is 0.323. The number of hydrogen-bond acceptors (Lipinski definition) is 9. The second kappa shape index (κ2) is 7.57. The van der Waals surface area contributed by atoms with Gasteiger partial charge in [-0.3, -0.25) is 19.3 Å². The Morgan fingerprint density at radius 2 is 1.76 bits per heavy atom.